The average molecular weight is 589 g/mol. The zero-order valence-corrected chi connectivity index (χ0v) is 25.6. The van der Waals surface area contributed by atoms with Gasteiger partial charge in [0.25, 0.3) is 0 Å². The SMILES string of the molecule is CC1C=CC=C2C=CC(c3c4ccccc4c(-c4ccc5ccccc5c4)c4c3nc(-c3ccccc3)n4-c3ccccc3)=CC21. The van der Waals surface area contributed by atoms with E-state index in [9.17, 15) is 0 Å². The van der Waals surface area contributed by atoms with Crippen molar-refractivity contribution < 1.29 is 0 Å². The molecule has 0 fully saturated rings. The molecule has 2 heteroatoms. The summed E-state index contributed by atoms with van der Waals surface area (Å²) in [7, 11) is 0. The van der Waals surface area contributed by atoms with E-state index in [2.05, 4.69) is 175 Å². The van der Waals surface area contributed by atoms with Crippen molar-refractivity contribution in [1.29, 1.82) is 0 Å². The highest BCUT2D eigenvalue weighted by molar-refractivity contribution is 6.19. The second kappa shape index (κ2) is 10.7. The quantitative estimate of drug-likeness (QED) is 0.200. The topological polar surface area (TPSA) is 17.8 Å². The molecule has 6 aromatic carbocycles. The van der Waals surface area contributed by atoms with Crippen molar-refractivity contribution in [2.45, 2.75) is 6.92 Å². The molecule has 0 bridgehead atoms. The Labute approximate surface area is 269 Å². The summed E-state index contributed by atoms with van der Waals surface area (Å²) >= 11 is 0. The fourth-order valence-corrected chi connectivity index (χ4v) is 7.43. The number of hydrogen-bond acceptors (Lipinski definition) is 1. The average Bonchev–Trinajstić information content (AvgIpc) is 3.51. The smallest absolute Gasteiger partial charge is 0.145 e. The second-order valence-electron chi connectivity index (χ2n) is 12.4. The predicted octanol–water partition coefficient (Wildman–Crippen LogP) is 11.4. The van der Waals surface area contributed by atoms with Crippen LogP contribution in [0.1, 0.15) is 12.5 Å². The molecule has 1 aromatic heterocycles. The Bertz CT molecular complexity index is 2420. The van der Waals surface area contributed by atoms with Gasteiger partial charge in [-0.05, 0) is 62.4 Å². The number of nitrogens with zero attached hydrogens (tertiary/aromatic N) is 2. The van der Waals surface area contributed by atoms with Crippen molar-refractivity contribution >= 4 is 38.2 Å². The molecule has 0 aliphatic heterocycles. The summed E-state index contributed by atoms with van der Waals surface area (Å²) < 4.78 is 2.38. The van der Waals surface area contributed by atoms with Gasteiger partial charge in [0.05, 0.1) is 11.0 Å². The van der Waals surface area contributed by atoms with Gasteiger partial charge >= 0.3 is 0 Å². The Kier molecular flexibility index (Phi) is 6.21. The van der Waals surface area contributed by atoms with Crippen LogP contribution in [-0.4, -0.2) is 9.55 Å². The molecule has 7 aromatic rings. The van der Waals surface area contributed by atoms with Crippen molar-refractivity contribution in [3.8, 4) is 28.2 Å². The van der Waals surface area contributed by atoms with Crippen LogP contribution in [0.3, 0.4) is 0 Å². The van der Waals surface area contributed by atoms with E-state index >= 15 is 0 Å². The molecule has 2 unspecified atom stereocenters. The van der Waals surface area contributed by atoms with E-state index in [0.29, 0.717) is 11.8 Å². The minimum Gasteiger partial charge on any atom is -0.292 e. The molecule has 0 amide bonds. The first-order valence-corrected chi connectivity index (χ1v) is 16.1. The molecular formula is C44H32N2. The van der Waals surface area contributed by atoms with Crippen molar-refractivity contribution in [2.24, 2.45) is 11.8 Å². The number of fused-ring (bicyclic) bond motifs is 4. The minimum atomic E-state index is 0.337. The van der Waals surface area contributed by atoms with Crippen molar-refractivity contribution in [3.05, 3.63) is 175 Å². The highest BCUT2D eigenvalue weighted by Gasteiger charge is 2.28. The number of hydrogen-bond donors (Lipinski definition) is 0. The molecule has 1 heterocycles. The molecular weight excluding hydrogens is 556 g/mol. The lowest BCUT2D eigenvalue weighted by Crippen LogP contribution is -2.14. The Morgan fingerprint density at radius 3 is 2.13 bits per heavy atom. The summed E-state index contributed by atoms with van der Waals surface area (Å²) in [5.74, 6) is 1.71. The lowest BCUT2D eigenvalue weighted by atomic mass is 9.77. The fraction of sp³-hybridized carbons (Fsp3) is 0.0682. The fourth-order valence-electron chi connectivity index (χ4n) is 7.43. The summed E-state index contributed by atoms with van der Waals surface area (Å²) in [6, 6.07) is 45.7. The first kappa shape index (κ1) is 26.7. The van der Waals surface area contributed by atoms with E-state index in [0.717, 1.165) is 28.1 Å². The van der Waals surface area contributed by atoms with Crippen LogP contribution >= 0.6 is 0 Å². The monoisotopic (exact) mass is 588 g/mol. The van der Waals surface area contributed by atoms with Crippen molar-refractivity contribution in [3.63, 3.8) is 0 Å². The van der Waals surface area contributed by atoms with Crippen LogP contribution in [0, 0.1) is 11.8 Å². The maximum atomic E-state index is 5.62. The molecule has 2 atom stereocenters. The molecule has 0 saturated carbocycles. The third kappa shape index (κ3) is 4.22. The first-order chi connectivity index (χ1) is 22.7. The summed E-state index contributed by atoms with van der Waals surface area (Å²) in [6.07, 6.45) is 13.8. The standard InChI is InChI=1S/C44H32N2/c1-29-13-12-18-31-24-26-35(28-39(29)31)40-37-21-10-11-22-38(37)41(34-25-23-30-14-8-9-17-33(30)27-34)43-42(40)45-44(32-15-4-2-5-16-32)46(43)36-19-6-3-7-20-36/h2-29,39H,1H3. The minimum absolute atomic E-state index is 0.337. The molecule has 2 aliphatic carbocycles. The van der Waals surface area contributed by atoms with Gasteiger partial charge in [-0.3, -0.25) is 4.57 Å². The van der Waals surface area contributed by atoms with Gasteiger partial charge in [0.15, 0.2) is 0 Å². The normalized spacial score (nSPS) is 17.3. The molecule has 0 spiro atoms. The van der Waals surface area contributed by atoms with Crippen LogP contribution in [-0.2, 0) is 0 Å². The van der Waals surface area contributed by atoms with Gasteiger partial charge in [-0.25, -0.2) is 4.98 Å². The molecule has 0 saturated heterocycles. The zero-order valence-electron chi connectivity index (χ0n) is 25.6. The molecule has 2 nitrogen and oxygen atoms in total. The van der Waals surface area contributed by atoms with Gasteiger partial charge in [0, 0.05) is 28.3 Å². The van der Waals surface area contributed by atoms with Gasteiger partial charge in [-0.2, -0.15) is 0 Å². The largest absolute Gasteiger partial charge is 0.292 e. The highest BCUT2D eigenvalue weighted by Crippen LogP contribution is 2.47. The maximum Gasteiger partial charge on any atom is 0.145 e. The first-order valence-electron chi connectivity index (χ1n) is 16.1. The van der Waals surface area contributed by atoms with Crippen LogP contribution < -0.4 is 0 Å². The number of imidazole rings is 1. The van der Waals surface area contributed by atoms with Crippen LogP contribution in [0.15, 0.2) is 169 Å². The Hall–Kier alpha value is -5.73. The number of allylic oxidation sites excluding steroid dienone is 8. The lowest BCUT2D eigenvalue weighted by molar-refractivity contribution is 0.584. The van der Waals surface area contributed by atoms with E-state index < -0.39 is 0 Å². The van der Waals surface area contributed by atoms with Crippen molar-refractivity contribution in [1.82, 2.24) is 9.55 Å². The Morgan fingerprint density at radius 2 is 1.33 bits per heavy atom. The predicted molar refractivity (Wildman–Crippen MR) is 194 cm³/mol. The number of aromatic nitrogens is 2. The molecule has 0 radical (unpaired) electrons. The van der Waals surface area contributed by atoms with E-state index in [-0.39, 0.29) is 0 Å². The number of benzene rings is 6. The van der Waals surface area contributed by atoms with Crippen LogP contribution in [0.2, 0.25) is 0 Å². The molecule has 9 rings (SSSR count). The highest BCUT2D eigenvalue weighted by atomic mass is 15.1. The van der Waals surface area contributed by atoms with E-state index in [1.165, 1.54) is 49.4 Å². The van der Waals surface area contributed by atoms with Gasteiger partial charge < -0.3 is 0 Å². The third-order valence-corrected chi connectivity index (χ3v) is 9.66. The van der Waals surface area contributed by atoms with E-state index in [4.69, 9.17) is 4.98 Å². The lowest BCUT2D eigenvalue weighted by Gasteiger charge is -2.27. The molecule has 0 N–H and O–H groups in total. The summed E-state index contributed by atoms with van der Waals surface area (Å²) in [5.41, 5.74) is 10.5. The second-order valence-corrected chi connectivity index (χ2v) is 12.4. The van der Waals surface area contributed by atoms with Crippen molar-refractivity contribution in [2.75, 3.05) is 0 Å². The van der Waals surface area contributed by atoms with Gasteiger partial charge in [0.2, 0.25) is 0 Å². The maximum absolute atomic E-state index is 5.62. The number of para-hydroxylation sites is 1. The Morgan fingerprint density at radius 1 is 0.630 bits per heavy atom. The third-order valence-electron chi connectivity index (χ3n) is 9.66. The van der Waals surface area contributed by atoms with Gasteiger partial charge in [0.1, 0.15) is 5.82 Å². The van der Waals surface area contributed by atoms with Crippen LogP contribution in [0.5, 0.6) is 0 Å². The summed E-state index contributed by atoms with van der Waals surface area (Å²) in [5, 5.41) is 4.91. The van der Waals surface area contributed by atoms with Crippen LogP contribution in [0.4, 0.5) is 0 Å². The molecule has 2 aliphatic rings. The summed E-state index contributed by atoms with van der Waals surface area (Å²) in [6.45, 7) is 2.32. The van der Waals surface area contributed by atoms with Crippen LogP contribution in [0.25, 0.3) is 66.4 Å². The van der Waals surface area contributed by atoms with Gasteiger partial charge in [-0.1, -0.05) is 153 Å². The zero-order chi connectivity index (χ0) is 30.6. The Balaban J connectivity index is 1.47. The number of rotatable bonds is 4. The summed E-state index contributed by atoms with van der Waals surface area (Å²) in [4.78, 5) is 5.62. The molecule has 218 valence electrons. The van der Waals surface area contributed by atoms with Gasteiger partial charge in [-0.15, -0.1) is 0 Å². The van der Waals surface area contributed by atoms with E-state index in [1.807, 2.05) is 0 Å². The molecule has 46 heavy (non-hydrogen) atoms. The van der Waals surface area contributed by atoms with E-state index in [1.54, 1.807) is 0 Å².